The van der Waals surface area contributed by atoms with Gasteiger partial charge in [0.1, 0.15) is 0 Å². The number of carbonyl (C=O) groups excluding carboxylic acids is 1. The molecule has 0 aromatic heterocycles. The maximum atomic E-state index is 11.0. The normalized spacial score (nSPS) is 20.6. The zero-order valence-corrected chi connectivity index (χ0v) is 9.90. The van der Waals surface area contributed by atoms with Gasteiger partial charge < -0.3 is 10.6 Å². The Kier molecular flexibility index (Phi) is 2.95. The van der Waals surface area contributed by atoms with Gasteiger partial charge in [-0.3, -0.25) is 4.79 Å². The summed E-state index contributed by atoms with van der Waals surface area (Å²) in [5, 5.41) is 0. The van der Waals surface area contributed by atoms with E-state index in [9.17, 15) is 4.79 Å². The summed E-state index contributed by atoms with van der Waals surface area (Å²) in [6.45, 7) is 1.66. The third-order valence-corrected chi connectivity index (χ3v) is 3.31. The second-order valence-electron chi connectivity index (χ2n) is 3.81. The highest BCUT2D eigenvalue weighted by molar-refractivity contribution is 9.10. The Morgan fingerprint density at radius 3 is 2.60 bits per heavy atom. The zero-order valence-electron chi connectivity index (χ0n) is 8.32. The van der Waals surface area contributed by atoms with E-state index in [1.807, 2.05) is 24.3 Å². The van der Waals surface area contributed by atoms with Crippen LogP contribution in [0.3, 0.4) is 0 Å². The minimum atomic E-state index is -0.186. The lowest BCUT2D eigenvalue weighted by molar-refractivity contribution is -0.121. The van der Waals surface area contributed by atoms with E-state index in [4.69, 9.17) is 5.73 Å². The van der Waals surface area contributed by atoms with Crippen LogP contribution >= 0.6 is 15.9 Å². The van der Waals surface area contributed by atoms with Gasteiger partial charge in [0.15, 0.2) is 0 Å². The zero-order chi connectivity index (χ0) is 10.8. The Morgan fingerprint density at radius 2 is 2.07 bits per heavy atom. The number of carbonyl (C=O) groups is 1. The number of hydrogen-bond donors (Lipinski definition) is 1. The van der Waals surface area contributed by atoms with Gasteiger partial charge >= 0.3 is 0 Å². The molecule has 0 bridgehead atoms. The van der Waals surface area contributed by atoms with Gasteiger partial charge in [-0.1, -0.05) is 15.9 Å². The van der Waals surface area contributed by atoms with Crippen molar-refractivity contribution in [3.05, 3.63) is 28.7 Å². The average molecular weight is 269 g/mol. The quantitative estimate of drug-likeness (QED) is 0.889. The molecule has 1 aliphatic rings. The molecule has 2 N–H and O–H groups in total. The molecule has 15 heavy (non-hydrogen) atoms. The molecule has 1 heterocycles. The average Bonchev–Trinajstić information content (AvgIpc) is 2.68. The van der Waals surface area contributed by atoms with Crippen LogP contribution in [0.5, 0.6) is 0 Å². The first kappa shape index (κ1) is 10.5. The first-order valence-corrected chi connectivity index (χ1v) is 5.76. The van der Waals surface area contributed by atoms with Crippen molar-refractivity contribution in [2.45, 2.75) is 6.42 Å². The molecular weight excluding hydrogens is 256 g/mol. The Morgan fingerprint density at radius 1 is 1.40 bits per heavy atom. The van der Waals surface area contributed by atoms with Gasteiger partial charge in [0, 0.05) is 23.2 Å². The minimum absolute atomic E-state index is 0.00801. The number of halogens is 1. The van der Waals surface area contributed by atoms with Crippen LogP contribution in [0.1, 0.15) is 6.42 Å². The van der Waals surface area contributed by atoms with E-state index in [0.717, 1.165) is 29.7 Å². The van der Waals surface area contributed by atoms with Gasteiger partial charge in [-0.2, -0.15) is 0 Å². The lowest BCUT2D eigenvalue weighted by Crippen LogP contribution is -2.27. The maximum Gasteiger partial charge on any atom is 0.222 e. The van der Waals surface area contributed by atoms with Crippen LogP contribution in [0, 0.1) is 5.92 Å². The van der Waals surface area contributed by atoms with Crippen molar-refractivity contribution in [1.29, 1.82) is 0 Å². The number of nitrogens with two attached hydrogens (primary N) is 1. The summed E-state index contributed by atoms with van der Waals surface area (Å²) in [4.78, 5) is 13.2. The number of benzene rings is 1. The molecule has 80 valence electrons. The summed E-state index contributed by atoms with van der Waals surface area (Å²) in [6, 6.07) is 8.11. The van der Waals surface area contributed by atoms with E-state index in [1.165, 1.54) is 0 Å². The standard InChI is InChI=1S/C11H13BrN2O/c12-9-1-3-10(4-2-9)14-6-5-8(7-14)11(13)15/h1-4,8H,5-7H2,(H2,13,15). The lowest BCUT2D eigenvalue weighted by atomic mass is 10.1. The molecular formula is C11H13BrN2O. The van der Waals surface area contributed by atoms with Crippen LogP contribution in [0.4, 0.5) is 5.69 Å². The van der Waals surface area contributed by atoms with Gasteiger partial charge in [-0.05, 0) is 30.7 Å². The predicted octanol–water partition coefficient (Wildman–Crippen LogP) is 1.76. The number of amides is 1. The van der Waals surface area contributed by atoms with Crippen molar-refractivity contribution in [2.24, 2.45) is 11.7 Å². The third kappa shape index (κ3) is 2.31. The second-order valence-corrected chi connectivity index (χ2v) is 4.73. The molecule has 1 aromatic rings. The van der Waals surface area contributed by atoms with Crippen molar-refractivity contribution >= 4 is 27.5 Å². The molecule has 1 saturated heterocycles. The van der Waals surface area contributed by atoms with Crippen LogP contribution in [-0.4, -0.2) is 19.0 Å². The highest BCUT2D eigenvalue weighted by Crippen LogP contribution is 2.24. The first-order valence-electron chi connectivity index (χ1n) is 4.96. The minimum Gasteiger partial charge on any atom is -0.371 e. The van der Waals surface area contributed by atoms with E-state index < -0.39 is 0 Å². The fourth-order valence-corrected chi connectivity index (χ4v) is 2.14. The molecule has 1 amide bonds. The van der Waals surface area contributed by atoms with E-state index in [-0.39, 0.29) is 11.8 Å². The molecule has 1 aliphatic heterocycles. The summed E-state index contributed by atoms with van der Waals surface area (Å²) >= 11 is 3.40. The summed E-state index contributed by atoms with van der Waals surface area (Å²) in [7, 11) is 0. The van der Waals surface area contributed by atoms with Gasteiger partial charge in [0.25, 0.3) is 0 Å². The number of rotatable bonds is 2. The molecule has 4 heteroatoms. The number of hydrogen-bond acceptors (Lipinski definition) is 2. The number of nitrogens with zero attached hydrogens (tertiary/aromatic N) is 1. The fraction of sp³-hybridized carbons (Fsp3) is 0.364. The van der Waals surface area contributed by atoms with Crippen LogP contribution < -0.4 is 10.6 Å². The molecule has 1 fully saturated rings. The summed E-state index contributed by atoms with van der Waals surface area (Å²) in [5.74, 6) is -0.178. The Labute approximate surface area is 97.4 Å². The highest BCUT2D eigenvalue weighted by atomic mass is 79.9. The molecule has 1 aromatic carbocycles. The predicted molar refractivity (Wildman–Crippen MR) is 63.7 cm³/mol. The van der Waals surface area contributed by atoms with Gasteiger partial charge in [0.05, 0.1) is 5.92 Å². The van der Waals surface area contributed by atoms with E-state index >= 15 is 0 Å². The van der Waals surface area contributed by atoms with E-state index in [1.54, 1.807) is 0 Å². The van der Waals surface area contributed by atoms with Gasteiger partial charge in [-0.15, -0.1) is 0 Å². The summed E-state index contributed by atoms with van der Waals surface area (Å²) in [5.41, 5.74) is 6.44. The van der Waals surface area contributed by atoms with Gasteiger partial charge in [0.2, 0.25) is 5.91 Å². The Hall–Kier alpha value is -1.03. The van der Waals surface area contributed by atoms with Crippen molar-refractivity contribution in [2.75, 3.05) is 18.0 Å². The second kappa shape index (κ2) is 4.23. The first-order chi connectivity index (χ1) is 7.16. The Balaban J connectivity index is 2.07. The lowest BCUT2D eigenvalue weighted by Gasteiger charge is -2.17. The van der Waals surface area contributed by atoms with Gasteiger partial charge in [-0.25, -0.2) is 0 Å². The largest absolute Gasteiger partial charge is 0.371 e. The van der Waals surface area contributed by atoms with Crippen LogP contribution in [0.2, 0.25) is 0 Å². The number of anilines is 1. The molecule has 0 spiro atoms. The molecule has 0 saturated carbocycles. The number of primary amides is 1. The maximum absolute atomic E-state index is 11.0. The Bertz CT molecular complexity index is 363. The molecule has 1 atom stereocenters. The fourth-order valence-electron chi connectivity index (χ4n) is 1.88. The van der Waals surface area contributed by atoms with Crippen LogP contribution in [-0.2, 0) is 4.79 Å². The van der Waals surface area contributed by atoms with Crippen LogP contribution in [0.15, 0.2) is 28.7 Å². The van der Waals surface area contributed by atoms with Crippen molar-refractivity contribution in [3.63, 3.8) is 0 Å². The molecule has 1 unspecified atom stereocenters. The van der Waals surface area contributed by atoms with Crippen LogP contribution in [0.25, 0.3) is 0 Å². The monoisotopic (exact) mass is 268 g/mol. The van der Waals surface area contributed by atoms with Crippen molar-refractivity contribution < 1.29 is 4.79 Å². The summed E-state index contributed by atoms with van der Waals surface area (Å²) in [6.07, 6.45) is 0.866. The molecule has 3 nitrogen and oxygen atoms in total. The van der Waals surface area contributed by atoms with Crippen molar-refractivity contribution in [3.8, 4) is 0 Å². The highest BCUT2D eigenvalue weighted by Gasteiger charge is 2.26. The summed E-state index contributed by atoms with van der Waals surface area (Å²) < 4.78 is 1.07. The SMILES string of the molecule is NC(=O)C1CCN(c2ccc(Br)cc2)C1. The topological polar surface area (TPSA) is 46.3 Å². The van der Waals surface area contributed by atoms with E-state index in [0.29, 0.717) is 0 Å². The third-order valence-electron chi connectivity index (χ3n) is 2.78. The van der Waals surface area contributed by atoms with E-state index in [2.05, 4.69) is 20.8 Å². The molecule has 0 aliphatic carbocycles. The smallest absolute Gasteiger partial charge is 0.222 e. The molecule has 2 rings (SSSR count). The molecule has 0 radical (unpaired) electrons. The van der Waals surface area contributed by atoms with Crippen molar-refractivity contribution in [1.82, 2.24) is 0 Å².